The van der Waals surface area contributed by atoms with Gasteiger partial charge in [-0.2, -0.15) is 0 Å². The molecule has 0 saturated heterocycles. The van der Waals surface area contributed by atoms with Gasteiger partial charge < -0.3 is 19.7 Å². The van der Waals surface area contributed by atoms with Gasteiger partial charge in [0.15, 0.2) is 0 Å². The molecule has 3 aromatic rings. The first-order chi connectivity index (χ1) is 19.6. The molecule has 0 aliphatic heterocycles. The third kappa shape index (κ3) is 8.72. The molecule has 1 N–H and O–H groups in total. The Morgan fingerprint density at radius 2 is 1.51 bits per heavy atom. The van der Waals surface area contributed by atoms with Gasteiger partial charge in [0.05, 0.1) is 26.2 Å². The maximum atomic E-state index is 14.2. The third-order valence-corrected chi connectivity index (χ3v) is 7.93. The zero-order valence-electron chi connectivity index (χ0n) is 24.2. The first kappa shape index (κ1) is 31.5. The van der Waals surface area contributed by atoms with Gasteiger partial charge in [-0.1, -0.05) is 67.6 Å². The smallest absolute Gasteiger partial charge is 0.244 e. The first-order valence-electron chi connectivity index (χ1n) is 13.4. The lowest BCUT2D eigenvalue weighted by Gasteiger charge is -2.34. The Balaban J connectivity index is 2.09. The van der Waals surface area contributed by atoms with Crippen molar-refractivity contribution >= 4 is 27.5 Å². The zero-order chi connectivity index (χ0) is 30.0. The summed E-state index contributed by atoms with van der Waals surface area (Å²) in [6.45, 7) is 3.44. The summed E-state index contributed by atoms with van der Waals surface area (Å²) in [7, 11) is -1.07. The second-order valence-corrected chi connectivity index (χ2v) is 11.7. The molecule has 2 atom stereocenters. The van der Waals surface area contributed by atoms with Gasteiger partial charge in [-0.05, 0) is 36.6 Å². The molecule has 0 aliphatic carbocycles. The van der Waals surface area contributed by atoms with Crippen LogP contribution in [0, 0.1) is 0 Å². The average molecular weight is 582 g/mol. The highest BCUT2D eigenvalue weighted by molar-refractivity contribution is 7.92. The molecule has 0 unspecified atom stereocenters. The lowest BCUT2D eigenvalue weighted by atomic mass is 10.0. The van der Waals surface area contributed by atoms with Crippen molar-refractivity contribution in [3.05, 3.63) is 90.0 Å². The van der Waals surface area contributed by atoms with Gasteiger partial charge in [0.25, 0.3) is 0 Å². The number of rotatable bonds is 14. The van der Waals surface area contributed by atoms with Crippen LogP contribution >= 0.6 is 0 Å². The predicted molar refractivity (Wildman–Crippen MR) is 161 cm³/mol. The fourth-order valence-corrected chi connectivity index (χ4v) is 5.21. The molecule has 10 heteroatoms. The number of amides is 2. The zero-order valence-corrected chi connectivity index (χ0v) is 25.1. The number of sulfonamides is 1. The number of methoxy groups -OCH3 is 2. The van der Waals surface area contributed by atoms with Gasteiger partial charge in [-0.25, -0.2) is 8.42 Å². The molecule has 0 aliphatic rings. The fourth-order valence-electron chi connectivity index (χ4n) is 4.36. The van der Waals surface area contributed by atoms with Crippen LogP contribution in [0.2, 0.25) is 0 Å². The number of hydrogen-bond acceptors (Lipinski definition) is 6. The van der Waals surface area contributed by atoms with Gasteiger partial charge in [0.2, 0.25) is 21.8 Å². The highest BCUT2D eigenvalue weighted by atomic mass is 32.2. The lowest BCUT2D eigenvalue weighted by molar-refractivity contribution is -0.140. The van der Waals surface area contributed by atoms with Crippen molar-refractivity contribution in [1.82, 2.24) is 10.2 Å². The second-order valence-electron chi connectivity index (χ2n) is 9.84. The fraction of sp³-hybridized carbons (Fsp3) is 0.355. The molecule has 3 aromatic carbocycles. The summed E-state index contributed by atoms with van der Waals surface area (Å²) in [6.07, 6.45) is 1.99. The van der Waals surface area contributed by atoms with Gasteiger partial charge in [-0.15, -0.1) is 0 Å². The lowest BCUT2D eigenvalue weighted by Crippen LogP contribution is -2.54. The Morgan fingerprint density at radius 1 is 0.902 bits per heavy atom. The molecule has 0 saturated carbocycles. The molecule has 220 valence electrons. The topological polar surface area (TPSA) is 105 Å². The normalized spacial score (nSPS) is 12.6. The molecule has 41 heavy (non-hydrogen) atoms. The Bertz CT molecular complexity index is 1400. The number of hydrogen-bond donors (Lipinski definition) is 1. The molecule has 0 aromatic heterocycles. The van der Waals surface area contributed by atoms with Gasteiger partial charge in [-0.3, -0.25) is 13.9 Å². The summed E-state index contributed by atoms with van der Waals surface area (Å²) in [6, 6.07) is 22.5. The average Bonchev–Trinajstić information content (AvgIpc) is 2.97. The van der Waals surface area contributed by atoms with E-state index in [0.29, 0.717) is 12.2 Å². The van der Waals surface area contributed by atoms with Crippen molar-refractivity contribution < 1.29 is 27.5 Å². The largest absolute Gasteiger partial charge is 0.497 e. The Hall–Kier alpha value is -4.05. The third-order valence-electron chi connectivity index (χ3n) is 6.80. The summed E-state index contributed by atoms with van der Waals surface area (Å²) in [5.74, 6) is -0.186. The summed E-state index contributed by atoms with van der Waals surface area (Å²) in [5, 5.41) is 3.02. The number of carbonyl (C=O) groups excluding carboxylic acids is 2. The van der Waals surface area contributed by atoms with Crippen molar-refractivity contribution in [2.75, 3.05) is 31.3 Å². The van der Waals surface area contributed by atoms with Crippen LogP contribution in [-0.2, 0) is 32.6 Å². The van der Waals surface area contributed by atoms with Crippen LogP contribution in [0.5, 0.6) is 11.5 Å². The van der Waals surface area contributed by atoms with E-state index in [1.807, 2.05) is 74.5 Å². The SMILES string of the molecule is CC[C@@H](C)NC(=O)[C@H](Cc1ccccc1)N(Cc1ccccc1)C(=O)CN(c1cc(OC)ccc1OC)S(C)(=O)=O. The molecule has 2 amide bonds. The Morgan fingerprint density at radius 3 is 2.05 bits per heavy atom. The molecule has 0 fully saturated rings. The maximum absolute atomic E-state index is 14.2. The number of anilines is 1. The van der Waals surface area contributed by atoms with Crippen LogP contribution in [0.1, 0.15) is 31.4 Å². The van der Waals surface area contributed by atoms with Crippen molar-refractivity contribution in [1.29, 1.82) is 0 Å². The number of ether oxygens (including phenoxy) is 2. The minimum Gasteiger partial charge on any atom is -0.497 e. The van der Waals surface area contributed by atoms with Crippen LogP contribution in [0.25, 0.3) is 0 Å². The Kier molecular flexibility index (Phi) is 11.2. The number of nitrogens with zero attached hydrogens (tertiary/aromatic N) is 2. The van der Waals surface area contributed by atoms with Crippen LogP contribution < -0.4 is 19.1 Å². The van der Waals surface area contributed by atoms with Gasteiger partial charge >= 0.3 is 0 Å². The van der Waals surface area contributed by atoms with E-state index in [0.717, 1.165) is 21.7 Å². The molecular weight excluding hydrogens is 542 g/mol. The highest BCUT2D eigenvalue weighted by Crippen LogP contribution is 2.34. The second kappa shape index (κ2) is 14.5. The number of nitrogens with one attached hydrogen (secondary N) is 1. The first-order valence-corrected chi connectivity index (χ1v) is 15.3. The molecule has 0 bridgehead atoms. The minimum atomic E-state index is -3.96. The molecule has 3 rings (SSSR count). The highest BCUT2D eigenvalue weighted by Gasteiger charge is 2.34. The summed E-state index contributed by atoms with van der Waals surface area (Å²) < 4.78 is 37.9. The standard InChI is InChI=1S/C31H39N3O6S/c1-6-23(2)32-31(36)28(19-24-13-9-7-10-14-24)33(21-25-15-11-8-12-16-25)30(35)22-34(41(5,37)38)27-20-26(39-3)17-18-29(27)40-4/h7-18,20,23,28H,6,19,21-22H2,1-5H3,(H,32,36)/t23-,28+/m1/s1. The van der Waals surface area contributed by atoms with E-state index in [-0.39, 0.29) is 36.4 Å². The van der Waals surface area contributed by atoms with Crippen LogP contribution in [0.4, 0.5) is 5.69 Å². The van der Waals surface area contributed by atoms with E-state index in [2.05, 4.69) is 5.32 Å². The monoisotopic (exact) mass is 581 g/mol. The van der Waals surface area contributed by atoms with E-state index < -0.39 is 28.5 Å². The molecular formula is C31H39N3O6S. The quantitative estimate of drug-likeness (QED) is 0.308. The number of benzene rings is 3. The molecule has 9 nitrogen and oxygen atoms in total. The van der Waals surface area contributed by atoms with Crippen LogP contribution in [-0.4, -0.2) is 64.2 Å². The van der Waals surface area contributed by atoms with Crippen molar-refractivity contribution in [2.24, 2.45) is 0 Å². The van der Waals surface area contributed by atoms with Gasteiger partial charge in [0, 0.05) is 25.1 Å². The molecule has 0 spiro atoms. The van der Waals surface area contributed by atoms with E-state index >= 15 is 0 Å². The minimum absolute atomic E-state index is 0.108. The van der Waals surface area contributed by atoms with Crippen molar-refractivity contribution in [2.45, 2.75) is 45.3 Å². The molecule has 0 radical (unpaired) electrons. The van der Waals surface area contributed by atoms with E-state index in [1.165, 1.54) is 25.2 Å². The Labute approximate surface area is 243 Å². The van der Waals surface area contributed by atoms with E-state index in [9.17, 15) is 18.0 Å². The van der Waals surface area contributed by atoms with Crippen LogP contribution in [0.15, 0.2) is 78.9 Å². The van der Waals surface area contributed by atoms with Crippen molar-refractivity contribution in [3.8, 4) is 11.5 Å². The number of carbonyl (C=O) groups is 2. The van der Waals surface area contributed by atoms with Crippen molar-refractivity contribution in [3.63, 3.8) is 0 Å². The summed E-state index contributed by atoms with van der Waals surface area (Å²) in [5.41, 5.74) is 1.84. The maximum Gasteiger partial charge on any atom is 0.244 e. The summed E-state index contributed by atoms with van der Waals surface area (Å²) >= 11 is 0. The molecule has 0 heterocycles. The van der Waals surface area contributed by atoms with E-state index in [1.54, 1.807) is 12.1 Å². The summed E-state index contributed by atoms with van der Waals surface area (Å²) in [4.78, 5) is 29.4. The predicted octanol–water partition coefficient (Wildman–Crippen LogP) is 4.02. The van der Waals surface area contributed by atoms with E-state index in [4.69, 9.17) is 9.47 Å². The van der Waals surface area contributed by atoms with Gasteiger partial charge in [0.1, 0.15) is 24.1 Å². The van der Waals surface area contributed by atoms with Crippen LogP contribution in [0.3, 0.4) is 0 Å².